The first-order chi connectivity index (χ1) is 14.9. The summed E-state index contributed by atoms with van der Waals surface area (Å²) in [5, 5.41) is 19.5. The van der Waals surface area contributed by atoms with Crippen LogP contribution >= 0.6 is 0 Å². The smallest absolute Gasteiger partial charge is 0.303 e. The highest BCUT2D eigenvalue weighted by molar-refractivity contribution is 5.67. The molecule has 31 heavy (non-hydrogen) atoms. The molecule has 1 aliphatic rings. The van der Waals surface area contributed by atoms with Gasteiger partial charge in [0.05, 0.1) is 18.8 Å². The minimum Gasteiger partial charge on any atom is -0.481 e. The average Bonchev–Trinajstić information content (AvgIpc) is 3.18. The van der Waals surface area contributed by atoms with Crippen LogP contribution in [0.15, 0.2) is 48.5 Å². The van der Waals surface area contributed by atoms with Gasteiger partial charge in [0, 0.05) is 19.0 Å². The molecule has 0 unspecified atom stereocenters. The van der Waals surface area contributed by atoms with E-state index in [-0.39, 0.29) is 24.9 Å². The van der Waals surface area contributed by atoms with Gasteiger partial charge in [-0.15, -0.1) is 0 Å². The summed E-state index contributed by atoms with van der Waals surface area (Å²) in [6.07, 6.45) is 2.71. The lowest BCUT2D eigenvalue weighted by molar-refractivity contribution is -0.136. The number of aliphatic carboxylic acids is 1. The number of ether oxygens (including phenoxy) is 1. The van der Waals surface area contributed by atoms with Gasteiger partial charge < -0.3 is 14.9 Å². The topological polar surface area (TPSA) is 70.0 Å². The minimum absolute atomic E-state index is 0.0801. The Labute approximate surface area is 183 Å². The Morgan fingerprint density at radius 1 is 1.23 bits per heavy atom. The second kappa shape index (κ2) is 11.4. The van der Waals surface area contributed by atoms with Gasteiger partial charge in [-0.2, -0.15) is 0 Å². The van der Waals surface area contributed by atoms with Crippen molar-refractivity contribution in [3.8, 4) is 0 Å². The number of nitrogens with zero attached hydrogens (tertiary/aromatic N) is 1. The summed E-state index contributed by atoms with van der Waals surface area (Å²) in [4.78, 5) is 13.2. The summed E-state index contributed by atoms with van der Waals surface area (Å²) in [5.41, 5.74) is 3.03. The van der Waals surface area contributed by atoms with Crippen LogP contribution in [0, 0.1) is 5.82 Å². The highest BCUT2D eigenvalue weighted by Gasteiger charge is 2.26. The van der Waals surface area contributed by atoms with Gasteiger partial charge in [0.15, 0.2) is 0 Å². The molecule has 2 aromatic rings. The monoisotopic (exact) mass is 429 g/mol. The van der Waals surface area contributed by atoms with Gasteiger partial charge in [-0.3, -0.25) is 9.69 Å². The molecule has 1 fully saturated rings. The maximum Gasteiger partial charge on any atom is 0.303 e. The first-order valence-electron chi connectivity index (χ1n) is 11.0. The molecule has 2 N–H and O–H groups in total. The third-order valence-electron chi connectivity index (χ3n) is 5.97. The Bertz CT molecular complexity index is 842. The zero-order valence-corrected chi connectivity index (χ0v) is 18.0. The molecule has 0 bridgehead atoms. The highest BCUT2D eigenvalue weighted by atomic mass is 19.1. The second-order valence-corrected chi connectivity index (χ2v) is 8.34. The number of benzene rings is 2. The molecule has 3 atom stereocenters. The second-order valence-electron chi connectivity index (χ2n) is 8.34. The predicted molar refractivity (Wildman–Crippen MR) is 117 cm³/mol. The van der Waals surface area contributed by atoms with Crippen molar-refractivity contribution in [2.75, 3.05) is 19.7 Å². The number of aliphatic hydroxyl groups excluding tert-OH is 1. The van der Waals surface area contributed by atoms with Crippen LogP contribution < -0.4 is 0 Å². The maximum absolute atomic E-state index is 13.1. The summed E-state index contributed by atoms with van der Waals surface area (Å²) in [7, 11) is 0. The van der Waals surface area contributed by atoms with Crippen molar-refractivity contribution < 1.29 is 24.1 Å². The van der Waals surface area contributed by atoms with Gasteiger partial charge in [0.2, 0.25) is 0 Å². The fourth-order valence-corrected chi connectivity index (χ4v) is 4.33. The third-order valence-corrected chi connectivity index (χ3v) is 5.97. The molecule has 2 aromatic carbocycles. The number of halogens is 1. The van der Waals surface area contributed by atoms with E-state index >= 15 is 0 Å². The molecule has 0 aromatic heterocycles. The zero-order chi connectivity index (χ0) is 22.2. The molecule has 168 valence electrons. The normalized spacial score (nSPS) is 18.7. The molecule has 3 rings (SSSR count). The predicted octanol–water partition coefficient (Wildman–Crippen LogP) is 3.99. The number of aliphatic hydroxyl groups is 1. The standard InChI is InChI=1S/C25H32FNO4/c1-18(24-7-3-2-5-20(24)10-13-25(29)30)31-17-23(28)16-27-14-4-6-22(27)15-19-8-11-21(26)12-9-19/h2-3,5,7-9,11-12,18,22-23,28H,4,6,10,13-17H2,1H3,(H,29,30)/t18-,22+,23-/m1/s1. The molecule has 1 saturated heterocycles. The lowest BCUT2D eigenvalue weighted by Crippen LogP contribution is -2.39. The van der Waals surface area contributed by atoms with Crippen LogP contribution in [-0.2, 0) is 22.4 Å². The Morgan fingerprint density at radius 2 is 1.97 bits per heavy atom. The number of rotatable bonds is 11. The van der Waals surface area contributed by atoms with Crippen molar-refractivity contribution in [1.29, 1.82) is 0 Å². The fourth-order valence-electron chi connectivity index (χ4n) is 4.33. The lowest BCUT2D eigenvalue weighted by atomic mass is 9.99. The molecule has 6 heteroatoms. The summed E-state index contributed by atoms with van der Waals surface area (Å²) in [6.45, 7) is 3.63. The number of carbonyl (C=O) groups is 1. The van der Waals surface area contributed by atoms with Crippen molar-refractivity contribution in [3.63, 3.8) is 0 Å². The van der Waals surface area contributed by atoms with Crippen molar-refractivity contribution >= 4 is 5.97 Å². The zero-order valence-electron chi connectivity index (χ0n) is 18.0. The van der Waals surface area contributed by atoms with E-state index in [0.29, 0.717) is 19.0 Å². The molecule has 0 amide bonds. The van der Waals surface area contributed by atoms with Gasteiger partial charge in [0.1, 0.15) is 5.82 Å². The summed E-state index contributed by atoms with van der Waals surface area (Å²) < 4.78 is 19.1. The minimum atomic E-state index is -0.820. The van der Waals surface area contributed by atoms with Crippen molar-refractivity contribution in [1.82, 2.24) is 4.90 Å². The maximum atomic E-state index is 13.1. The Balaban J connectivity index is 1.49. The van der Waals surface area contributed by atoms with Crippen LogP contribution in [0.2, 0.25) is 0 Å². The van der Waals surface area contributed by atoms with Crippen LogP contribution in [-0.4, -0.2) is 52.9 Å². The van der Waals surface area contributed by atoms with Crippen molar-refractivity contribution in [3.05, 3.63) is 71.0 Å². The van der Waals surface area contributed by atoms with Gasteiger partial charge in [-0.05, 0) is 68.0 Å². The molecule has 0 radical (unpaired) electrons. The van der Waals surface area contributed by atoms with Crippen molar-refractivity contribution in [2.24, 2.45) is 0 Å². The third kappa shape index (κ3) is 7.13. The van der Waals surface area contributed by atoms with E-state index in [0.717, 1.165) is 42.5 Å². The van der Waals surface area contributed by atoms with E-state index < -0.39 is 12.1 Å². The number of carboxylic acids is 1. The van der Waals surface area contributed by atoms with Crippen LogP contribution in [0.25, 0.3) is 0 Å². The van der Waals surface area contributed by atoms with Gasteiger partial charge in [-0.25, -0.2) is 4.39 Å². The average molecular weight is 430 g/mol. The molecule has 0 aliphatic carbocycles. The Hall–Kier alpha value is -2.28. The molecular formula is C25H32FNO4. The van der Waals surface area contributed by atoms with Crippen LogP contribution in [0.1, 0.15) is 49.0 Å². The SMILES string of the molecule is C[C@@H](OC[C@H](O)CN1CCC[C@H]1Cc1ccc(F)cc1)c1ccccc1CCC(=O)O. The first-order valence-corrected chi connectivity index (χ1v) is 11.0. The van der Waals surface area contributed by atoms with E-state index in [1.165, 1.54) is 12.1 Å². The number of carboxylic acid groups (broad SMARTS) is 1. The number of hydrogen-bond donors (Lipinski definition) is 2. The fraction of sp³-hybridized carbons (Fsp3) is 0.480. The van der Waals surface area contributed by atoms with E-state index in [9.17, 15) is 14.3 Å². The van der Waals surface area contributed by atoms with Gasteiger partial charge >= 0.3 is 5.97 Å². The number of hydrogen-bond acceptors (Lipinski definition) is 4. The van der Waals surface area contributed by atoms with Crippen LogP contribution in [0.3, 0.4) is 0 Å². The molecule has 5 nitrogen and oxygen atoms in total. The van der Waals surface area contributed by atoms with E-state index in [4.69, 9.17) is 9.84 Å². The van der Waals surface area contributed by atoms with Crippen LogP contribution in [0.5, 0.6) is 0 Å². The summed E-state index contributed by atoms with van der Waals surface area (Å²) >= 11 is 0. The number of aryl methyl sites for hydroxylation is 1. The summed E-state index contributed by atoms with van der Waals surface area (Å²) in [5.74, 6) is -1.04. The van der Waals surface area contributed by atoms with E-state index in [1.54, 1.807) is 0 Å². The molecule has 0 spiro atoms. The number of β-amino-alcohol motifs (C(OH)–C–C–N with tert-alkyl or cyclic N) is 1. The Kier molecular flexibility index (Phi) is 8.58. The molecule has 1 aliphatic heterocycles. The van der Waals surface area contributed by atoms with E-state index in [1.807, 2.05) is 43.3 Å². The van der Waals surface area contributed by atoms with Gasteiger partial charge in [0.25, 0.3) is 0 Å². The highest BCUT2D eigenvalue weighted by Crippen LogP contribution is 2.24. The van der Waals surface area contributed by atoms with Gasteiger partial charge in [-0.1, -0.05) is 36.4 Å². The summed E-state index contributed by atoms with van der Waals surface area (Å²) in [6, 6.07) is 14.7. The first kappa shape index (κ1) is 23.4. The number of likely N-dealkylation sites (tertiary alicyclic amines) is 1. The van der Waals surface area contributed by atoms with E-state index in [2.05, 4.69) is 4.90 Å². The Morgan fingerprint density at radius 3 is 2.71 bits per heavy atom. The molecule has 0 saturated carbocycles. The molecule has 1 heterocycles. The van der Waals surface area contributed by atoms with Crippen LogP contribution in [0.4, 0.5) is 4.39 Å². The van der Waals surface area contributed by atoms with Crippen molar-refractivity contribution in [2.45, 2.75) is 57.3 Å². The molecular weight excluding hydrogens is 397 g/mol. The quantitative estimate of drug-likeness (QED) is 0.565. The largest absolute Gasteiger partial charge is 0.481 e. The lowest BCUT2D eigenvalue weighted by Gasteiger charge is -2.27.